The highest BCUT2D eigenvalue weighted by Crippen LogP contribution is 2.38. The molecule has 2 heterocycles. The molecule has 2 rings (SSSR count). The van der Waals surface area contributed by atoms with Crippen molar-refractivity contribution in [3.8, 4) is 10.4 Å². The number of thiophene rings is 2. The van der Waals surface area contributed by atoms with Crippen LogP contribution >= 0.6 is 22.7 Å². The number of rotatable bonds is 7. The van der Waals surface area contributed by atoms with E-state index in [0.29, 0.717) is 10.6 Å². The van der Waals surface area contributed by atoms with Crippen LogP contribution in [0.1, 0.15) is 38.1 Å². The van der Waals surface area contributed by atoms with Gasteiger partial charge >= 0.3 is 5.97 Å². The lowest BCUT2D eigenvalue weighted by atomic mass is 10.1. The first-order valence-electron chi connectivity index (χ1n) is 8.19. The third-order valence-corrected chi connectivity index (χ3v) is 5.59. The summed E-state index contributed by atoms with van der Waals surface area (Å²) in [5.41, 5.74) is 0.965. The molecule has 0 unspecified atom stereocenters. The number of carbonyl (C=O) groups excluding carboxylic acids is 3. The molecular weight excluding hydrogens is 372 g/mol. The molecule has 2 aromatic rings. The molecule has 0 saturated heterocycles. The first kappa shape index (κ1) is 20.1. The molecule has 0 radical (unpaired) electrons. The molecule has 2 amide bonds. The Balaban J connectivity index is 2.15. The van der Waals surface area contributed by atoms with Crippen molar-refractivity contribution in [2.45, 2.75) is 33.7 Å². The van der Waals surface area contributed by atoms with Gasteiger partial charge in [0.05, 0.1) is 0 Å². The molecule has 0 aliphatic carbocycles. The van der Waals surface area contributed by atoms with E-state index in [-0.39, 0.29) is 35.9 Å². The first-order chi connectivity index (χ1) is 12.3. The zero-order chi connectivity index (χ0) is 19.3. The number of esters is 1. The first-order valence-corrected chi connectivity index (χ1v) is 9.95. The minimum atomic E-state index is -0.634. The van der Waals surface area contributed by atoms with Crippen molar-refractivity contribution in [1.82, 2.24) is 5.32 Å². The van der Waals surface area contributed by atoms with E-state index in [4.69, 9.17) is 4.74 Å². The minimum absolute atomic E-state index is 0.0148. The summed E-state index contributed by atoms with van der Waals surface area (Å²) in [6.07, 6.45) is 0. The van der Waals surface area contributed by atoms with Crippen LogP contribution in [0.3, 0.4) is 0 Å². The van der Waals surface area contributed by atoms with Crippen molar-refractivity contribution in [1.29, 1.82) is 0 Å². The van der Waals surface area contributed by atoms with Crippen molar-refractivity contribution < 1.29 is 19.1 Å². The molecule has 2 aromatic heterocycles. The van der Waals surface area contributed by atoms with Crippen LogP contribution in [-0.4, -0.2) is 30.4 Å². The second kappa shape index (κ2) is 8.95. The van der Waals surface area contributed by atoms with E-state index < -0.39 is 5.97 Å². The topological polar surface area (TPSA) is 84.5 Å². The molecule has 0 spiro atoms. The molecule has 1 atom stereocenters. The Morgan fingerprint density at radius 1 is 1.19 bits per heavy atom. The smallest absolute Gasteiger partial charge is 0.342 e. The Labute approximate surface area is 160 Å². The summed E-state index contributed by atoms with van der Waals surface area (Å²) in [6.45, 7) is 6.90. The van der Waals surface area contributed by atoms with Crippen LogP contribution in [0.2, 0.25) is 0 Å². The quantitative estimate of drug-likeness (QED) is 0.701. The molecular formula is C18H22N2O4S2. The number of anilines is 1. The summed E-state index contributed by atoms with van der Waals surface area (Å²) in [6, 6.07) is 3.75. The largest absolute Gasteiger partial charge is 0.452 e. The lowest BCUT2D eigenvalue weighted by Crippen LogP contribution is -2.38. The van der Waals surface area contributed by atoms with Crippen LogP contribution in [0.4, 0.5) is 5.00 Å². The molecule has 0 aliphatic heterocycles. The fraction of sp³-hybridized carbons (Fsp3) is 0.389. The fourth-order valence-corrected chi connectivity index (χ4v) is 3.91. The van der Waals surface area contributed by atoms with Gasteiger partial charge in [-0.1, -0.05) is 19.9 Å². The summed E-state index contributed by atoms with van der Waals surface area (Å²) < 4.78 is 5.20. The van der Waals surface area contributed by atoms with Crippen LogP contribution in [0.15, 0.2) is 22.9 Å². The van der Waals surface area contributed by atoms with E-state index in [9.17, 15) is 14.4 Å². The van der Waals surface area contributed by atoms with Crippen LogP contribution in [0.25, 0.3) is 10.4 Å². The SMILES string of the molecule is CC(=O)Nc1scc(-c2cccs2)c1C(=O)OCC(=O)N[C@@H](C)C(C)C. The van der Waals surface area contributed by atoms with Crippen LogP contribution in [0.5, 0.6) is 0 Å². The maximum atomic E-state index is 12.6. The molecule has 140 valence electrons. The van der Waals surface area contributed by atoms with Gasteiger partial charge in [0, 0.05) is 28.8 Å². The lowest BCUT2D eigenvalue weighted by molar-refractivity contribution is -0.125. The van der Waals surface area contributed by atoms with E-state index in [1.165, 1.54) is 29.6 Å². The highest BCUT2D eigenvalue weighted by Gasteiger charge is 2.24. The number of ether oxygens (including phenoxy) is 1. The van der Waals surface area contributed by atoms with E-state index >= 15 is 0 Å². The van der Waals surface area contributed by atoms with Crippen molar-refractivity contribution in [3.05, 3.63) is 28.5 Å². The van der Waals surface area contributed by atoms with Crippen molar-refractivity contribution in [3.63, 3.8) is 0 Å². The van der Waals surface area contributed by atoms with Crippen molar-refractivity contribution in [2.24, 2.45) is 5.92 Å². The molecule has 0 aliphatic rings. The van der Waals surface area contributed by atoms with Gasteiger partial charge in [0.25, 0.3) is 5.91 Å². The predicted molar refractivity (Wildman–Crippen MR) is 105 cm³/mol. The molecule has 0 fully saturated rings. The Kier molecular flexibility index (Phi) is 6.93. The summed E-state index contributed by atoms with van der Waals surface area (Å²) >= 11 is 2.74. The highest BCUT2D eigenvalue weighted by atomic mass is 32.1. The van der Waals surface area contributed by atoms with E-state index in [1.807, 2.05) is 38.3 Å². The molecule has 0 bridgehead atoms. The Hall–Kier alpha value is -2.19. The standard InChI is InChI=1S/C18H22N2O4S2/c1-10(2)11(3)19-15(22)8-24-18(23)16-13(14-6-5-7-25-14)9-26-17(16)20-12(4)21/h5-7,9-11H,8H2,1-4H3,(H,19,22)(H,20,21)/t11-/m0/s1. The van der Waals surface area contributed by atoms with Gasteiger partial charge in [-0.05, 0) is 24.3 Å². The maximum absolute atomic E-state index is 12.6. The van der Waals surface area contributed by atoms with E-state index in [0.717, 1.165) is 4.88 Å². The Morgan fingerprint density at radius 2 is 1.92 bits per heavy atom. The van der Waals surface area contributed by atoms with Gasteiger partial charge in [0.15, 0.2) is 6.61 Å². The Bertz CT molecular complexity index is 781. The minimum Gasteiger partial charge on any atom is -0.452 e. The summed E-state index contributed by atoms with van der Waals surface area (Å²) in [5.74, 6) is -0.982. The zero-order valence-electron chi connectivity index (χ0n) is 15.1. The molecule has 0 aromatic carbocycles. The predicted octanol–water partition coefficient (Wildman–Crippen LogP) is 3.75. The fourth-order valence-electron chi connectivity index (χ4n) is 2.09. The van der Waals surface area contributed by atoms with E-state index in [2.05, 4.69) is 10.6 Å². The summed E-state index contributed by atoms with van der Waals surface area (Å²) in [4.78, 5) is 36.9. The van der Waals surface area contributed by atoms with Crippen LogP contribution < -0.4 is 10.6 Å². The average molecular weight is 395 g/mol. The molecule has 6 nitrogen and oxygen atoms in total. The number of hydrogen-bond donors (Lipinski definition) is 2. The monoisotopic (exact) mass is 394 g/mol. The Morgan fingerprint density at radius 3 is 2.50 bits per heavy atom. The van der Waals surface area contributed by atoms with Gasteiger partial charge in [0.2, 0.25) is 5.91 Å². The molecule has 26 heavy (non-hydrogen) atoms. The average Bonchev–Trinajstić information content (AvgIpc) is 3.21. The normalized spacial score (nSPS) is 11.9. The van der Waals surface area contributed by atoms with Gasteiger partial charge in [-0.2, -0.15) is 0 Å². The van der Waals surface area contributed by atoms with Gasteiger partial charge in [-0.15, -0.1) is 22.7 Å². The van der Waals surface area contributed by atoms with Gasteiger partial charge < -0.3 is 15.4 Å². The zero-order valence-corrected chi connectivity index (χ0v) is 16.8. The lowest BCUT2D eigenvalue weighted by Gasteiger charge is -2.17. The van der Waals surface area contributed by atoms with Crippen molar-refractivity contribution >= 4 is 45.5 Å². The summed E-state index contributed by atoms with van der Waals surface area (Å²) in [5, 5.41) is 9.56. The number of carbonyl (C=O) groups is 3. The van der Waals surface area contributed by atoms with Crippen molar-refractivity contribution in [2.75, 3.05) is 11.9 Å². The van der Waals surface area contributed by atoms with Gasteiger partial charge in [-0.25, -0.2) is 4.79 Å². The summed E-state index contributed by atoms with van der Waals surface area (Å²) in [7, 11) is 0. The second-order valence-corrected chi connectivity index (χ2v) is 8.02. The van der Waals surface area contributed by atoms with Crippen LogP contribution in [-0.2, 0) is 14.3 Å². The third kappa shape index (κ3) is 5.15. The number of nitrogens with one attached hydrogen (secondary N) is 2. The molecule has 2 N–H and O–H groups in total. The molecule has 0 saturated carbocycles. The molecule has 8 heteroatoms. The maximum Gasteiger partial charge on any atom is 0.342 e. The highest BCUT2D eigenvalue weighted by molar-refractivity contribution is 7.17. The third-order valence-electron chi connectivity index (χ3n) is 3.79. The van der Waals surface area contributed by atoms with E-state index in [1.54, 1.807) is 5.38 Å². The number of hydrogen-bond acceptors (Lipinski definition) is 6. The van der Waals surface area contributed by atoms with Gasteiger partial charge in [0.1, 0.15) is 10.6 Å². The second-order valence-electron chi connectivity index (χ2n) is 6.19. The van der Waals surface area contributed by atoms with Gasteiger partial charge in [-0.3, -0.25) is 9.59 Å². The van der Waals surface area contributed by atoms with Crippen LogP contribution in [0, 0.1) is 5.92 Å². The number of amides is 2.